The molecule has 0 spiro atoms. The van der Waals surface area contributed by atoms with Crippen LogP contribution in [0.15, 0.2) is 24.5 Å². The Labute approximate surface area is 117 Å². The van der Waals surface area contributed by atoms with Gasteiger partial charge >= 0.3 is 0 Å². The first kappa shape index (κ1) is 14.1. The fourth-order valence-electron chi connectivity index (χ4n) is 2.05. The third-order valence-electron chi connectivity index (χ3n) is 3.18. The number of nitriles is 1. The molecule has 0 saturated heterocycles. The highest BCUT2D eigenvalue weighted by atomic mass is 19.1. The third-order valence-corrected chi connectivity index (χ3v) is 3.18. The highest BCUT2D eigenvalue weighted by molar-refractivity contribution is 5.55. The first-order valence-corrected chi connectivity index (χ1v) is 6.59. The van der Waals surface area contributed by atoms with Gasteiger partial charge < -0.3 is 9.88 Å². The molecule has 1 N–H and O–H groups in total. The largest absolute Gasteiger partial charge is 0.377 e. The summed E-state index contributed by atoms with van der Waals surface area (Å²) < 4.78 is 15.7. The van der Waals surface area contributed by atoms with E-state index in [0.717, 1.165) is 18.8 Å². The summed E-state index contributed by atoms with van der Waals surface area (Å²) in [7, 11) is 0. The molecule has 0 aliphatic heterocycles. The van der Waals surface area contributed by atoms with Crippen molar-refractivity contribution in [1.82, 2.24) is 9.55 Å². The van der Waals surface area contributed by atoms with E-state index in [4.69, 9.17) is 5.26 Å². The van der Waals surface area contributed by atoms with Crippen molar-refractivity contribution in [2.45, 2.75) is 33.4 Å². The molecule has 5 heteroatoms. The number of anilines is 1. The summed E-state index contributed by atoms with van der Waals surface area (Å²) in [6, 6.07) is 4.87. The van der Waals surface area contributed by atoms with Crippen LogP contribution in [0.5, 0.6) is 0 Å². The minimum atomic E-state index is -0.372. The predicted molar refractivity (Wildman–Crippen MR) is 75.7 cm³/mol. The third kappa shape index (κ3) is 2.97. The van der Waals surface area contributed by atoms with Crippen molar-refractivity contribution in [2.75, 3.05) is 5.32 Å². The van der Waals surface area contributed by atoms with Crippen molar-refractivity contribution in [3.63, 3.8) is 0 Å². The maximum absolute atomic E-state index is 13.7. The van der Waals surface area contributed by atoms with E-state index in [1.165, 1.54) is 6.07 Å². The number of nitrogens with zero attached hydrogens (tertiary/aromatic N) is 3. The smallest absolute Gasteiger partial charge is 0.129 e. The van der Waals surface area contributed by atoms with Gasteiger partial charge in [0.05, 0.1) is 18.2 Å². The molecular formula is C15H17FN4. The van der Waals surface area contributed by atoms with Crippen molar-refractivity contribution in [1.29, 1.82) is 5.26 Å². The molecule has 0 bridgehead atoms. The Kier molecular flexibility index (Phi) is 4.36. The van der Waals surface area contributed by atoms with Crippen molar-refractivity contribution in [3.8, 4) is 6.07 Å². The molecule has 0 saturated carbocycles. The minimum absolute atomic E-state index is 0.313. The Morgan fingerprint density at radius 2 is 2.25 bits per heavy atom. The van der Waals surface area contributed by atoms with Crippen LogP contribution in [0.25, 0.3) is 0 Å². The molecule has 2 rings (SSSR count). The second-order valence-electron chi connectivity index (χ2n) is 4.63. The van der Waals surface area contributed by atoms with E-state index in [9.17, 15) is 4.39 Å². The van der Waals surface area contributed by atoms with Crippen molar-refractivity contribution in [3.05, 3.63) is 47.3 Å². The average Bonchev–Trinajstić information content (AvgIpc) is 2.88. The van der Waals surface area contributed by atoms with Gasteiger partial charge in [0.15, 0.2) is 0 Å². The normalized spacial score (nSPS) is 10.3. The lowest BCUT2D eigenvalue weighted by molar-refractivity contribution is 0.618. The predicted octanol–water partition coefficient (Wildman–Crippen LogP) is 3.22. The monoisotopic (exact) mass is 272 g/mol. The molecule has 2 aromatic rings. The summed E-state index contributed by atoms with van der Waals surface area (Å²) in [4.78, 5) is 4.29. The fourth-order valence-corrected chi connectivity index (χ4v) is 2.05. The Hall–Kier alpha value is -2.35. The van der Waals surface area contributed by atoms with Gasteiger partial charge in [-0.2, -0.15) is 5.26 Å². The van der Waals surface area contributed by atoms with Gasteiger partial charge in [-0.05, 0) is 25.5 Å². The maximum Gasteiger partial charge on any atom is 0.129 e. The molecule has 1 heterocycles. The molecule has 0 amide bonds. The van der Waals surface area contributed by atoms with Crippen LogP contribution in [-0.2, 0) is 13.1 Å². The number of benzene rings is 1. The maximum atomic E-state index is 13.7. The highest BCUT2D eigenvalue weighted by Crippen LogP contribution is 2.21. The van der Waals surface area contributed by atoms with E-state index < -0.39 is 0 Å². The minimum Gasteiger partial charge on any atom is -0.377 e. The molecule has 0 unspecified atom stereocenters. The zero-order chi connectivity index (χ0) is 14.5. The summed E-state index contributed by atoms with van der Waals surface area (Å²) in [5.41, 5.74) is 1.46. The quantitative estimate of drug-likeness (QED) is 0.909. The van der Waals surface area contributed by atoms with Crippen molar-refractivity contribution in [2.24, 2.45) is 0 Å². The zero-order valence-electron chi connectivity index (χ0n) is 11.7. The molecule has 0 atom stereocenters. The van der Waals surface area contributed by atoms with Gasteiger partial charge in [0.2, 0.25) is 0 Å². The molecule has 104 valence electrons. The lowest BCUT2D eigenvalue weighted by Crippen LogP contribution is -2.09. The van der Waals surface area contributed by atoms with Crippen LogP contribution in [0.4, 0.5) is 10.1 Å². The van der Waals surface area contributed by atoms with Gasteiger partial charge in [0.1, 0.15) is 11.6 Å². The number of aryl methyl sites for hydroxylation is 1. The van der Waals surface area contributed by atoms with Gasteiger partial charge in [0, 0.05) is 30.2 Å². The molecule has 20 heavy (non-hydrogen) atoms. The van der Waals surface area contributed by atoms with Crippen LogP contribution < -0.4 is 5.32 Å². The number of hydrogen-bond acceptors (Lipinski definition) is 3. The number of nitrogens with one attached hydrogen (secondary N) is 1. The summed E-state index contributed by atoms with van der Waals surface area (Å²) >= 11 is 0. The molecule has 0 fully saturated rings. The van der Waals surface area contributed by atoms with E-state index in [-0.39, 0.29) is 5.82 Å². The van der Waals surface area contributed by atoms with Crippen LogP contribution in [-0.4, -0.2) is 9.55 Å². The van der Waals surface area contributed by atoms with E-state index >= 15 is 0 Å². The lowest BCUT2D eigenvalue weighted by atomic mass is 10.1. The molecular weight excluding hydrogens is 255 g/mol. The fraction of sp³-hybridized carbons (Fsp3) is 0.333. The number of aromatic nitrogens is 2. The van der Waals surface area contributed by atoms with Gasteiger partial charge in [-0.1, -0.05) is 6.92 Å². The standard InChI is InChI=1S/C15H17FN4/c1-3-5-20-6-4-18-15(20)10-19-14-8-12(9-17)7-13(16)11(14)2/h4,6-8,19H,3,5,10H2,1-2H3. The average molecular weight is 272 g/mol. The number of rotatable bonds is 5. The van der Waals surface area contributed by atoms with Gasteiger partial charge in [-0.15, -0.1) is 0 Å². The van der Waals surface area contributed by atoms with Gasteiger partial charge in [0.25, 0.3) is 0 Å². The summed E-state index contributed by atoms with van der Waals surface area (Å²) in [5, 5.41) is 12.0. The molecule has 1 aromatic heterocycles. The Morgan fingerprint density at radius 3 is 2.95 bits per heavy atom. The van der Waals surface area contributed by atoms with Crippen LogP contribution in [0, 0.1) is 24.1 Å². The van der Waals surface area contributed by atoms with Crippen LogP contribution in [0.3, 0.4) is 0 Å². The first-order chi connectivity index (χ1) is 9.65. The zero-order valence-corrected chi connectivity index (χ0v) is 11.7. The van der Waals surface area contributed by atoms with Crippen molar-refractivity contribution < 1.29 is 4.39 Å². The van der Waals surface area contributed by atoms with Crippen LogP contribution >= 0.6 is 0 Å². The Morgan fingerprint density at radius 1 is 1.45 bits per heavy atom. The first-order valence-electron chi connectivity index (χ1n) is 6.59. The Bertz CT molecular complexity index is 640. The van der Waals surface area contributed by atoms with E-state index in [0.29, 0.717) is 23.4 Å². The van der Waals surface area contributed by atoms with Crippen LogP contribution in [0.2, 0.25) is 0 Å². The van der Waals surface area contributed by atoms with Gasteiger partial charge in [-0.3, -0.25) is 0 Å². The number of halogens is 1. The summed E-state index contributed by atoms with van der Waals surface area (Å²) in [6.07, 6.45) is 4.71. The highest BCUT2D eigenvalue weighted by Gasteiger charge is 2.08. The number of imidazole rings is 1. The molecule has 0 radical (unpaired) electrons. The molecule has 0 aliphatic rings. The SMILES string of the molecule is CCCn1ccnc1CNc1cc(C#N)cc(F)c1C. The molecule has 4 nitrogen and oxygen atoms in total. The van der Waals surface area contributed by atoms with Gasteiger partial charge in [-0.25, -0.2) is 9.37 Å². The van der Waals surface area contributed by atoms with E-state index in [1.54, 1.807) is 19.2 Å². The van der Waals surface area contributed by atoms with E-state index in [1.807, 2.05) is 12.3 Å². The summed E-state index contributed by atoms with van der Waals surface area (Å²) in [5.74, 6) is 0.525. The van der Waals surface area contributed by atoms with Crippen molar-refractivity contribution >= 4 is 5.69 Å². The lowest BCUT2D eigenvalue weighted by Gasteiger charge is -2.12. The van der Waals surface area contributed by atoms with Crippen LogP contribution in [0.1, 0.15) is 30.3 Å². The van der Waals surface area contributed by atoms with E-state index in [2.05, 4.69) is 21.8 Å². The molecule has 0 aliphatic carbocycles. The second-order valence-corrected chi connectivity index (χ2v) is 4.63. The Balaban J connectivity index is 2.17. The second kappa shape index (κ2) is 6.20. The topological polar surface area (TPSA) is 53.6 Å². The molecule has 1 aromatic carbocycles. The number of hydrogen-bond donors (Lipinski definition) is 1. The summed E-state index contributed by atoms with van der Waals surface area (Å²) in [6.45, 7) is 5.20.